The molecule has 2 aromatic rings. The zero-order valence-corrected chi connectivity index (χ0v) is 10.4. The summed E-state index contributed by atoms with van der Waals surface area (Å²) in [6.07, 6.45) is 0. The minimum absolute atomic E-state index is 0.260. The predicted octanol–water partition coefficient (Wildman–Crippen LogP) is 3.57. The maximum Gasteiger partial charge on any atom is 0.354 e. The summed E-state index contributed by atoms with van der Waals surface area (Å²) in [4.78, 5) is 11.5. The lowest BCUT2D eigenvalue weighted by Gasteiger charge is -1.95. The fourth-order valence-corrected chi connectivity index (χ4v) is 3.05. The van der Waals surface area contributed by atoms with E-state index in [-0.39, 0.29) is 5.97 Å². The van der Waals surface area contributed by atoms with Gasteiger partial charge in [0, 0.05) is 5.56 Å². The molecule has 0 radical (unpaired) electrons. The second-order valence-corrected chi connectivity index (χ2v) is 5.15. The van der Waals surface area contributed by atoms with Crippen LogP contribution in [0.1, 0.15) is 16.3 Å². The molecule has 1 aromatic heterocycles. The van der Waals surface area contributed by atoms with Gasteiger partial charge in [0.25, 0.3) is 0 Å². The molecule has 0 bridgehead atoms. The van der Waals surface area contributed by atoms with Crippen LogP contribution in [0.25, 0.3) is 10.6 Å². The average molecular weight is 251 g/mol. The highest BCUT2D eigenvalue weighted by Gasteiger charge is 2.12. The Hall–Kier alpha value is -1.25. The van der Waals surface area contributed by atoms with Gasteiger partial charge in [0.05, 0.1) is 15.0 Å². The maximum atomic E-state index is 11.5. The Balaban J connectivity index is 2.23. The second-order valence-electron chi connectivity index (χ2n) is 3.00. The van der Waals surface area contributed by atoms with Crippen molar-refractivity contribution in [2.45, 2.75) is 6.92 Å². The molecular weight excluding hydrogens is 241 g/mol. The maximum absolute atomic E-state index is 11.5. The number of aromatic nitrogens is 1. The van der Waals surface area contributed by atoms with Gasteiger partial charge >= 0.3 is 5.97 Å². The summed E-state index contributed by atoms with van der Waals surface area (Å²) in [5, 5.41) is 0.880. The quantitative estimate of drug-likeness (QED) is 0.783. The highest BCUT2D eigenvalue weighted by Crippen LogP contribution is 2.30. The first kappa shape index (κ1) is 11.2. The van der Waals surface area contributed by atoms with E-state index >= 15 is 0 Å². The topological polar surface area (TPSA) is 39.2 Å². The fourth-order valence-electron chi connectivity index (χ4n) is 1.20. The van der Waals surface area contributed by atoms with E-state index in [4.69, 9.17) is 4.74 Å². The van der Waals surface area contributed by atoms with E-state index in [2.05, 4.69) is 4.75 Å². The first-order valence-electron chi connectivity index (χ1n) is 4.87. The van der Waals surface area contributed by atoms with Gasteiger partial charge in [-0.05, 0) is 6.92 Å². The molecule has 0 saturated heterocycles. The molecule has 0 aliphatic rings. The number of ether oxygens (including phenoxy) is 1. The summed E-state index contributed by atoms with van der Waals surface area (Å²) >= 11 is 1.39. The highest BCUT2D eigenvalue weighted by molar-refractivity contribution is 7.42. The number of hydrogen-bond donors (Lipinski definition) is 0. The lowest BCUT2D eigenvalue weighted by molar-refractivity contribution is 0.0537. The Morgan fingerprint density at radius 2 is 2.19 bits per heavy atom. The van der Waals surface area contributed by atoms with E-state index in [1.165, 1.54) is 11.3 Å². The SMILES string of the molecule is CCOC(=O)c1pnc(-c2ccccc2)s1. The summed E-state index contributed by atoms with van der Waals surface area (Å²) in [6, 6.07) is 9.83. The highest BCUT2D eigenvalue weighted by atomic mass is 32.1. The van der Waals surface area contributed by atoms with E-state index in [0.29, 0.717) is 19.6 Å². The third-order valence-corrected chi connectivity index (χ3v) is 4.09. The predicted molar refractivity (Wildman–Crippen MR) is 66.0 cm³/mol. The number of carbonyl (C=O) groups is 1. The number of carbonyl (C=O) groups excluding carboxylic acids is 1. The zero-order valence-electron chi connectivity index (χ0n) is 8.71. The van der Waals surface area contributed by atoms with Crippen LogP contribution in [0.3, 0.4) is 0 Å². The second kappa shape index (κ2) is 5.19. The molecule has 0 spiro atoms. The van der Waals surface area contributed by atoms with Crippen molar-refractivity contribution < 1.29 is 9.53 Å². The number of rotatable bonds is 3. The van der Waals surface area contributed by atoms with E-state index < -0.39 is 0 Å². The molecule has 0 atom stereocenters. The van der Waals surface area contributed by atoms with Crippen LogP contribution in [0.15, 0.2) is 30.3 Å². The zero-order chi connectivity index (χ0) is 11.4. The van der Waals surface area contributed by atoms with Crippen molar-refractivity contribution in [2.75, 3.05) is 6.61 Å². The minimum atomic E-state index is -0.260. The molecule has 5 heteroatoms. The Bertz CT molecular complexity index is 484. The third-order valence-electron chi connectivity index (χ3n) is 1.90. The molecule has 82 valence electrons. The van der Waals surface area contributed by atoms with Crippen LogP contribution in [-0.2, 0) is 4.74 Å². The van der Waals surface area contributed by atoms with Gasteiger partial charge < -0.3 is 4.74 Å². The van der Waals surface area contributed by atoms with Gasteiger partial charge in [0.2, 0.25) is 0 Å². The van der Waals surface area contributed by atoms with E-state index in [0.717, 1.165) is 10.6 Å². The molecular formula is C11H10NO2PS. The molecule has 0 N–H and O–H groups in total. The number of nitrogens with zero attached hydrogens (tertiary/aromatic N) is 1. The molecule has 3 nitrogen and oxygen atoms in total. The molecule has 0 amide bonds. The average Bonchev–Trinajstić information content (AvgIpc) is 2.80. The first-order chi connectivity index (χ1) is 7.81. The van der Waals surface area contributed by atoms with Crippen LogP contribution >= 0.6 is 19.7 Å². The largest absolute Gasteiger partial charge is 0.462 e. The number of hydrogen-bond acceptors (Lipinski definition) is 4. The molecule has 1 aromatic carbocycles. The molecule has 2 rings (SSSR count). The molecule has 0 aliphatic carbocycles. The molecule has 0 saturated carbocycles. The van der Waals surface area contributed by atoms with Gasteiger partial charge in [-0.25, -0.2) is 9.54 Å². The summed E-state index contributed by atoms with van der Waals surface area (Å²) in [7, 11) is 0.688. The van der Waals surface area contributed by atoms with Crippen molar-refractivity contribution in [3.05, 3.63) is 34.9 Å². The number of benzene rings is 1. The van der Waals surface area contributed by atoms with Gasteiger partial charge in [0.15, 0.2) is 4.61 Å². The van der Waals surface area contributed by atoms with Crippen molar-refractivity contribution in [2.24, 2.45) is 0 Å². The molecule has 1 heterocycles. The Morgan fingerprint density at radius 3 is 2.88 bits per heavy atom. The minimum Gasteiger partial charge on any atom is -0.462 e. The van der Waals surface area contributed by atoms with Crippen LogP contribution in [0, 0.1) is 0 Å². The lowest BCUT2D eigenvalue weighted by atomic mass is 10.2. The summed E-state index contributed by atoms with van der Waals surface area (Å²) in [6.45, 7) is 2.20. The standard InChI is InChI=1S/C11H10NO2PS/c1-2-14-10(13)11-15-12-9(16-11)8-6-4-3-5-7-8/h3-7H,2H2,1H3. The smallest absolute Gasteiger partial charge is 0.354 e. The fraction of sp³-hybridized carbons (Fsp3) is 0.182. The number of esters is 1. The first-order valence-corrected chi connectivity index (χ1v) is 6.53. The third kappa shape index (κ3) is 2.46. The monoisotopic (exact) mass is 251 g/mol. The summed E-state index contributed by atoms with van der Waals surface area (Å²) < 4.78 is 9.88. The van der Waals surface area contributed by atoms with Crippen molar-refractivity contribution in [3.8, 4) is 10.6 Å². The van der Waals surface area contributed by atoms with Crippen molar-refractivity contribution in [3.63, 3.8) is 0 Å². The van der Waals surface area contributed by atoms with Crippen LogP contribution in [0.4, 0.5) is 0 Å². The van der Waals surface area contributed by atoms with Gasteiger partial charge in [-0.1, -0.05) is 30.3 Å². The van der Waals surface area contributed by atoms with E-state index in [1.54, 1.807) is 6.92 Å². The Labute approximate surface area is 99.3 Å². The molecule has 0 aliphatic heterocycles. The Morgan fingerprint density at radius 1 is 1.44 bits per heavy atom. The van der Waals surface area contributed by atoms with Gasteiger partial charge in [0.1, 0.15) is 5.01 Å². The van der Waals surface area contributed by atoms with Crippen LogP contribution < -0.4 is 0 Å². The van der Waals surface area contributed by atoms with Crippen molar-refractivity contribution in [1.82, 2.24) is 4.75 Å². The lowest BCUT2D eigenvalue weighted by Crippen LogP contribution is -2.00. The summed E-state index contributed by atoms with van der Waals surface area (Å²) in [5.41, 5.74) is 1.04. The van der Waals surface area contributed by atoms with E-state index in [9.17, 15) is 4.79 Å². The van der Waals surface area contributed by atoms with Crippen molar-refractivity contribution in [1.29, 1.82) is 0 Å². The van der Waals surface area contributed by atoms with Crippen LogP contribution in [0.5, 0.6) is 0 Å². The summed E-state index contributed by atoms with van der Waals surface area (Å²) in [5.74, 6) is -0.260. The van der Waals surface area contributed by atoms with Gasteiger partial charge in [-0.2, -0.15) is 0 Å². The molecule has 0 unspecified atom stereocenters. The van der Waals surface area contributed by atoms with Crippen LogP contribution in [0.2, 0.25) is 0 Å². The van der Waals surface area contributed by atoms with Crippen molar-refractivity contribution >= 4 is 25.7 Å². The van der Waals surface area contributed by atoms with Gasteiger partial charge in [-0.15, -0.1) is 11.3 Å². The Kier molecular flexibility index (Phi) is 3.65. The normalized spacial score (nSPS) is 10.6. The van der Waals surface area contributed by atoms with Gasteiger partial charge in [-0.3, -0.25) is 0 Å². The van der Waals surface area contributed by atoms with E-state index in [1.807, 2.05) is 30.3 Å². The molecule has 16 heavy (non-hydrogen) atoms. The molecule has 0 fully saturated rings. The van der Waals surface area contributed by atoms with Crippen LogP contribution in [-0.4, -0.2) is 17.3 Å².